The topological polar surface area (TPSA) is 41.1 Å². The van der Waals surface area contributed by atoms with Gasteiger partial charge in [-0.2, -0.15) is 4.98 Å². The lowest BCUT2D eigenvalue weighted by Gasteiger charge is -2.27. The van der Waals surface area contributed by atoms with E-state index in [0.717, 1.165) is 0 Å². The second-order valence-electron chi connectivity index (χ2n) is 4.70. The quantitative estimate of drug-likeness (QED) is 0.909. The first kappa shape index (κ1) is 15.5. The molecule has 1 atom stereocenters. The lowest BCUT2D eigenvalue weighted by Crippen LogP contribution is -2.24. The van der Waals surface area contributed by atoms with E-state index < -0.39 is 0 Å². The fraction of sp³-hybridized carbons (Fsp3) is 0.333. The van der Waals surface area contributed by atoms with Gasteiger partial charge in [0.05, 0.1) is 12.2 Å². The number of anilines is 2. The molecule has 0 bridgehead atoms. The SMILES string of the molecule is CCNc1ncc(Cl)c(N(C)C(C)c2ccccc2F)n1. The Hall–Kier alpha value is -1.88. The Bertz CT molecular complexity index is 620. The van der Waals surface area contributed by atoms with E-state index in [1.165, 1.54) is 6.07 Å². The van der Waals surface area contributed by atoms with Crippen LogP contribution in [0.25, 0.3) is 0 Å². The number of benzene rings is 1. The van der Waals surface area contributed by atoms with Crippen molar-refractivity contribution in [1.82, 2.24) is 9.97 Å². The van der Waals surface area contributed by atoms with E-state index in [1.54, 1.807) is 18.3 Å². The average molecular weight is 309 g/mol. The average Bonchev–Trinajstić information content (AvgIpc) is 2.48. The highest BCUT2D eigenvalue weighted by Crippen LogP contribution is 2.30. The van der Waals surface area contributed by atoms with Gasteiger partial charge < -0.3 is 10.2 Å². The van der Waals surface area contributed by atoms with Gasteiger partial charge >= 0.3 is 0 Å². The molecule has 0 saturated carbocycles. The van der Waals surface area contributed by atoms with E-state index >= 15 is 0 Å². The number of hydrogen-bond acceptors (Lipinski definition) is 4. The van der Waals surface area contributed by atoms with Crippen LogP contribution in [0.1, 0.15) is 25.5 Å². The van der Waals surface area contributed by atoms with Crippen molar-refractivity contribution in [3.63, 3.8) is 0 Å². The van der Waals surface area contributed by atoms with Crippen molar-refractivity contribution in [3.05, 3.63) is 46.9 Å². The third-order valence-electron chi connectivity index (χ3n) is 3.33. The molecule has 6 heteroatoms. The molecule has 0 aliphatic carbocycles. The Morgan fingerprint density at radius 2 is 2.10 bits per heavy atom. The van der Waals surface area contributed by atoms with Gasteiger partial charge in [0.25, 0.3) is 0 Å². The standard InChI is InChI=1S/C15H18ClFN4/c1-4-18-15-19-9-12(16)14(20-15)21(3)10(2)11-7-5-6-8-13(11)17/h5-10H,4H2,1-3H3,(H,18,19,20). The Kier molecular flexibility index (Phi) is 4.96. The number of rotatable bonds is 5. The molecule has 0 radical (unpaired) electrons. The van der Waals surface area contributed by atoms with E-state index in [2.05, 4.69) is 15.3 Å². The van der Waals surface area contributed by atoms with Crippen LogP contribution >= 0.6 is 11.6 Å². The predicted molar refractivity (Wildman–Crippen MR) is 84.4 cm³/mol. The zero-order valence-electron chi connectivity index (χ0n) is 12.3. The van der Waals surface area contributed by atoms with Crippen LogP contribution in [0.15, 0.2) is 30.5 Å². The molecule has 2 aromatic rings. The highest BCUT2D eigenvalue weighted by Gasteiger charge is 2.19. The van der Waals surface area contributed by atoms with Crippen LogP contribution in [0.2, 0.25) is 5.02 Å². The third-order valence-corrected chi connectivity index (χ3v) is 3.60. The van der Waals surface area contributed by atoms with E-state index in [1.807, 2.05) is 31.9 Å². The molecule has 1 aromatic heterocycles. The van der Waals surface area contributed by atoms with Crippen LogP contribution in [0.3, 0.4) is 0 Å². The first-order valence-electron chi connectivity index (χ1n) is 6.78. The van der Waals surface area contributed by atoms with Gasteiger partial charge in [0.2, 0.25) is 5.95 Å². The van der Waals surface area contributed by atoms with Gasteiger partial charge in [0.1, 0.15) is 10.8 Å². The molecule has 2 rings (SSSR count). The number of nitrogens with zero attached hydrogens (tertiary/aromatic N) is 3. The second kappa shape index (κ2) is 6.72. The molecule has 0 spiro atoms. The fourth-order valence-electron chi connectivity index (χ4n) is 2.05. The van der Waals surface area contributed by atoms with Gasteiger partial charge in [-0.15, -0.1) is 0 Å². The summed E-state index contributed by atoms with van der Waals surface area (Å²) >= 11 is 6.17. The molecular formula is C15H18ClFN4. The molecule has 1 heterocycles. The third kappa shape index (κ3) is 3.42. The summed E-state index contributed by atoms with van der Waals surface area (Å²) < 4.78 is 13.9. The molecule has 4 nitrogen and oxygen atoms in total. The molecule has 0 amide bonds. The van der Waals surface area contributed by atoms with E-state index in [-0.39, 0.29) is 11.9 Å². The minimum absolute atomic E-state index is 0.201. The normalized spacial score (nSPS) is 12.0. The summed E-state index contributed by atoms with van der Waals surface area (Å²) in [5.41, 5.74) is 0.597. The summed E-state index contributed by atoms with van der Waals surface area (Å²) in [6.45, 7) is 4.58. The summed E-state index contributed by atoms with van der Waals surface area (Å²) in [6, 6.07) is 6.50. The van der Waals surface area contributed by atoms with Crippen molar-refractivity contribution in [2.75, 3.05) is 23.8 Å². The maximum Gasteiger partial charge on any atom is 0.224 e. The summed E-state index contributed by atoms with van der Waals surface area (Å²) in [7, 11) is 1.83. The molecule has 1 unspecified atom stereocenters. The highest BCUT2D eigenvalue weighted by atomic mass is 35.5. The Balaban J connectivity index is 2.33. The van der Waals surface area contributed by atoms with Gasteiger partial charge in [-0.05, 0) is 19.9 Å². The smallest absolute Gasteiger partial charge is 0.224 e. The molecule has 1 N–H and O–H groups in total. The van der Waals surface area contributed by atoms with Crippen LogP contribution in [0.5, 0.6) is 0 Å². The molecule has 1 aromatic carbocycles. The lowest BCUT2D eigenvalue weighted by atomic mass is 10.1. The number of aromatic nitrogens is 2. The summed E-state index contributed by atoms with van der Waals surface area (Å²) in [6.07, 6.45) is 1.55. The van der Waals surface area contributed by atoms with Crippen LogP contribution < -0.4 is 10.2 Å². The van der Waals surface area contributed by atoms with Crippen LogP contribution in [-0.2, 0) is 0 Å². The number of nitrogens with one attached hydrogen (secondary N) is 1. The molecule has 0 aliphatic rings. The van der Waals surface area contributed by atoms with Gasteiger partial charge in [-0.25, -0.2) is 9.37 Å². The van der Waals surface area contributed by atoms with Crippen molar-refractivity contribution in [2.24, 2.45) is 0 Å². The van der Waals surface area contributed by atoms with E-state index in [4.69, 9.17) is 11.6 Å². The Morgan fingerprint density at radius 3 is 2.76 bits per heavy atom. The first-order valence-corrected chi connectivity index (χ1v) is 7.16. The van der Waals surface area contributed by atoms with Gasteiger partial charge in [-0.3, -0.25) is 0 Å². The number of hydrogen-bond donors (Lipinski definition) is 1. The van der Waals surface area contributed by atoms with Crippen molar-refractivity contribution < 1.29 is 4.39 Å². The minimum atomic E-state index is -0.242. The van der Waals surface area contributed by atoms with Crippen LogP contribution in [0, 0.1) is 5.82 Å². The van der Waals surface area contributed by atoms with Crippen molar-refractivity contribution in [1.29, 1.82) is 0 Å². The van der Waals surface area contributed by atoms with Crippen molar-refractivity contribution in [2.45, 2.75) is 19.9 Å². The molecule has 0 aliphatic heterocycles. The largest absolute Gasteiger partial charge is 0.354 e. The molecule has 112 valence electrons. The van der Waals surface area contributed by atoms with Crippen LogP contribution in [0.4, 0.5) is 16.2 Å². The highest BCUT2D eigenvalue weighted by molar-refractivity contribution is 6.32. The van der Waals surface area contributed by atoms with Crippen molar-refractivity contribution >= 4 is 23.4 Å². The lowest BCUT2D eigenvalue weighted by molar-refractivity contribution is 0.584. The maximum absolute atomic E-state index is 13.9. The summed E-state index contributed by atoms with van der Waals surface area (Å²) in [5, 5.41) is 3.47. The van der Waals surface area contributed by atoms with Gasteiger partial charge in [-0.1, -0.05) is 29.8 Å². The molecular weight excluding hydrogens is 291 g/mol. The van der Waals surface area contributed by atoms with Crippen LogP contribution in [-0.4, -0.2) is 23.6 Å². The molecule has 0 saturated heterocycles. The number of halogens is 2. The second-order valence-corrected chi connectivity index (χ2v) is 5.11. The van der Waals surface area contributed by atoms with Gasteiger partial charge in [0.15, 0.2) is 5.82 Å². The predicted octanol–water partition coefficient (Wildman–Crippen LogP) is 3.90. The maximum atomic E-state index is 13.9. The fourth-order valence-corrected chi connectivity index (χ4v) is 2.28. The van der Waals surface area contributed by atoms with Gasteiger partial charge in [0, 0.05) is 19.2 Å². The van der Waals surface area contributed by atoms with E-state index in [9.17, 15) is 4.39 Å². The minimum Gasteiger partial charge on any atom is -0.354 e. The zero-order chi connectivity index (χ0) is 15.4. The zero-order valence-corrected chi connectivity index (χ0v) is 13.0. The first-order chi connectivity index (χ1) is 10.0. The van der Waals surface area contributed by atoms with Crippen molar-refractivity contribution in [3.8, 4) is 0 Å². The Labute approximate surface area is 129 Å². The van der Waals surface area contributed by atoms with E-state index in [0.29, 0.717) is 28.9 Å². The Morgan fingerprint density at radius 1 is 1.38 bits per heavy atom. The molecule has 0 fully saturated rings. The summed E-state index contributed by atoms with van der Waals surface area (Å²) in [4.78, 5) is 10.3. The monoisotopic (exact) mass is 308 g/mol. The molecule has 21 heavy (non-hydrogen) atoms. The summed E-state index contributed by atoms with van der Waals surface area (Å²) in [5.74, 6) is 0.830.